The van der Waals surface area contributed by atoms with Gasteiger partial charge >= 0.3 is 6.09 Å². The zero-order valence-electron chi connectivity index (χ0n) is 31.2. The van der Waals surface area contributed by atoms with Crippen LogP contribution in [0.1, 0.15) is 159 Å². The lowest BCUT2D eigenvalue weighted by Crippen LogP contribution is -2.54. The molecule has 0 fully saturated rings. The summed E-state index contributed by atoms with van der Waals surface area (Å²) in [5.74, 6) is -1.98. The minimum atomic E-state index is -1.12. The van der Waals surface area contributed by atoms with Crippen molar-refractivity contribution in [1.82, 2.24) is 16.0 Å². The zero-order chi connectivity index (χ0) is 35.7. The summed E-state index contributed by atoms with van der Waals surface area (Å²) in [4.78, 5) is 39.2. The van der Waals surface area contributed by atoms with Crippen LogP contribution < -0.4 is 16.0 Å². The Labute approximate surface area is 304 Å². The molecule has 1 atom stereocenters. The van der Waals surface area contributed by atoms with Gasteiger partial charge in [0, 0.05) is 19.0 Å². The fourth-order valence-corrected chi connectivity index (χ4v) is 6.92. The van der Waals surface area contributed by atoms with Crippen molar-refractivity contribution in [2.24, 2.45) is 0 Å². The molecule has 3 rings (SSSR count). The molecule has 0 unspecified atom stereocenters. The Morgan fingerprint density at radius 3 is 1.50 bits per heavy atom. The topological polar surface area (TPSA) is 96.5 Å². The van der Waals surface area contributed by atoms with E-state index in [0.717, 1.165) is 54.4 Å². The molecule has 0 bridgehead atoms. The van der Waals surface area contributed by atoms with Gasteiger partial charge in [-0.1, -0.05) is 178 Å². The van der Waals surface area contributed by atoms with E-state index in [1.165, 1.54) is 104 Å². The third kappa shape index (κ3) is 15.7. The number of unbranched alkanes of at least 4 members (excludes halogenated alkanes) is 18. The average molecular weight is 687 g/mol. The second kappa shape index (κ2) is 25.6. The molecular formula is C42H65BN3O4. The molecule has 3 amide bonds. The fraction of sp³-hybridized carbons (Fsp3) is 0.643. The van der Waals surface area contributed by atoms with Crippen molar-refractivity contribution >= 4 is 25.1 Å². The van der Waals surface area contributed by atoms with Crippen molar-refractivity contribution in [1.29, 1.82) is 0 Å². The van der Waals surface area contributed by atoms with Crippen LogP contribution in [-0.4, -0.2) is 50.7 Å². The van der Waals surface area contributed by atoms with Crippen LogP contribution in [0.4, 0.5) is 9.59 Å². The van der Waals surface area contributed by atoms with E-state index in [-0.39, 0.29) is 18.3 Å². The van der Waals surface area contributed by atoms with E-state index in [9.17, 15) is 14.4 Å². The number of rotatable bonds is 28. The van der Waals surface area contributed by atoms with Crippen molar-refractivity contribution in [3.8, 4) is 11.1 Å². The first-order valence-corrected chi connectivity index (χ1v) is 20.1. The standard InChI is InChI=1S/C42H65BN3O4/c1-3-5-7-9-11-13-15-17-19-25-31-44-40(47)39(43-41(48)45-32-26-20-18-16-14-12-10-8-6-4-2)46-42(49)50-33-38-36-29-23-21-27-34(36)35-28-22-24-30-37(35)38/h21-24,27-30,38-39H,3-20,25-26,31-33H2,1-2H3,(H,44,47)(H,45,48)(H,46,49)/t39-/m1/s1. The summed E-state index contributed by atoms with van der Waals surface area (Å²) in [6.45, 7) is 5.67. The van der Waals surface area contributed by atoms with Crippen LogP contribution in [0, 0.1) is 0 Å². The molecule has 1 aliphatic carbocycles. The van der Waals surface area contributed by atoms with Crippen LogP contribution in [0.25, 0.3) is 11.1 Å². The highest BCUT2D eigenvalue weighted by molar-refractivity contribution is 6.77. The van der Waals surface area contributed by atoms with Crippen LogP contribution in [0.3, 0.4) is 0 Å². The van der Waals surface area contributed by atoms with Gasteiger partial charge in [0.05, 0.1) is 5.94 Å². The molecule has 0 aromatic heterocycles. The minimum Gasteiger partial charge on any atom is -0.449 e. The molecule has 3 N–H and O–H groups in total. The Morgan fingerprint density at radius 2 is 1.02 bits per heavy atom. The average Bonchev–Trinajstić information content (AvgIpc) is 3.45. The van der Waals surface area contributed by atoms with Gasteiger partial charge in [-0.15, -0.1) is 0 Å². The van der Waals surface area contributed by atoms with Crippen molar-refractivity contribution < 1.29 is 19.1 Å². The van der Waals surface area contributed by atoms with E-state index in [4.69, 9.17) is 4.74 Å². The number of alkyl carbamates (subject to hydrolysis) is 1. The maximum atomic E-state index is 13.2. The zero-order valence-corrected chi connectivity index (χ0v) is 31.2. The summed E-state index contributed by atoms with van der Waals surface area (Å²) in [5.41, 5.74) is 4.53. The van der Waals surface area contributed by atoms with Crippen LogP contribution in [0.15, 0.2) is 48.5 Å². The highest BCUT2D eigenvalue weighted by Crippen LogP contribution is 2.44. The molecule has 8 heteroatoms. The number of ether oxygens (including phenoxy) is 1. The molecule has 50 heavy (non-hydrogen) atoms. The highest BCUT2D eigenvalue weighted by Gasteiger charge is 2.30. The molecule has 0 spiro atoms. The number of benzene rings is 2. The molecule has 0 saturated heterocycles. The van der Waals surface area contributed by atoms with Gasteiger partial charge in [-0.2, -0.15) is 0 Å². The highest BCUT2D eigenvalue weighted by atomic mass is 16.5. The summed E-state index contributed by atoms with van der Waals surface area (Å²) in [6, 6.07) is 16.3. The number of nitrogens with one attached hydrogen (secondary N) is 3. The van der Waals surface area contributed by atoms with Crippen molar-refractivity contribution in [2.75, 3.05) is 19.7 Å². The maximum Gasteiger partial charge on any atom is 0.407 e. The van der Waals surface area contributed by atoms with E-state index in [1.807, 2.05) is 24.3 Å². The first-order valence-electron chi connectivity index (χ1n) is 20.1. The lowest BCUT2D eigenvalue weighted by atomic mass is 9.68. The predicted octanol–water partition coefficient (Wildman–Crippen LogP) is 10.2. The molecule has 0 heterocycles. The molecule has 0 saturated carbocycles. The summed E-state index contributed by atoms with van der Waals surface area (Å²) in [6.07, 6.45) is 23.6. The van der Waals surface area contributed by atoms with Gasteiger partial charge in [0.1, 0.15) is 6.61 Å². The Hall–Kier alpha value is -3.29. The molecule has 7 nitrogen and oxygen atoms in total. The van der Waals surface area contributed by atoms with E-state index in [1.54, 1.807) is 0 Å². The number of hydrogen-bond donors (Lipinski definition) is 3. The fourth-order valence-electron chi connectivity index (χ4n) is 6.92. The van der Waals surface area contributed by atoms with Gasteiger partial charge in [-0.3, -0.25) is 9.59 Å². The van der Waals surface area contributed by atoms with Crippen molar-refractivity contribution in [3.05, 3.63) is 59.7 Å². The quantitative estimate of drug-likeness (QED) is 0.0613. The van der Waals surface area contributed by atoms with Crippen molar-refractivity contribution in [2.45, 2.75) is 154 Å². The van der Waals surface area contributed by atoms with E-state index in [0.29, 0.717) is 13.1 Å². The third-order valence-corrected chi connectivity index (χ3v) is 9.88. The molecular weight excluding hydrogens is 621 g/mol. The number of carbonyl (C=O) groups excluding carboxylic acids is 3. The van der Waals surface area contributed by atoms with Gasteiger partial charge in [0.15, 0.2) is 5.81 Å². The molecule has 1 radical (unpaired) electrons. The van der Waals surface area contributed by atoms with Gasteiger partial charge in [-0.05, 0) is 35.1 Å². The van der Waals surface area contributed by atoms with Crippen LogP contribution in [0.5, 0.6) is 0 Å². The second-order valence-electron chi connectivity index (χ2n) is 14.1. The normalized spacial score (nSPS) is 12.5. The van der Waals surface area contributed by atoms with Crippen LogP contribution in [-0.2, 0) is 9.53 Å². The number of hydrogen-bond acceptors (Lipinski definition) is 4. The molecule has 0 aliphatic heterocycles. The third-order valence-electron chi connectivity index (χ3n) is 9.88. The van der Waals surface area contributed by atoms with E-state index in [2.05, 4.69) is 54.1 Å². The monoisotopic (exact) mass is 687 g/mol. The number of fused-ring (bicyclic) bond motifs is 3. The molecule has 275 valence electrons. The summed E-state index contributed by atoms with van der Waals surface area (Å²) in [7, 11) is 1.27. The smallest absolute Gasteiger partial charge is 0.407 e. The van der Waals surface area contributed by atoms with Gasteiger partial charge in [0.25, 0.3) is 7.28 Å². The summed E-state index contributed by atoms with van der Waals surface area (Å²) < 4.78 is 5.70. The summed E-state index contributed by atoms with van der Waals surface area (Å²) in [5, 5.41) is 8.51. The van der Waals surface area contributed by atoms with Crippen LogP contribution >= 0.6 is 0 Å². The Balaban J connectivity index is 1.42. The van der Waals surface area contributed by atoms with Gasteiger partial charge < -0.3 is 20.7 Å². The lowest BCUT2D eigenvalue weighted by molar-refractivity contribution is -0.121. The Morgan fingerprint density at radius 1 is 0.600 bits per heavy atom. The SMILES string of the molecule is CCCCCCCCCCCCNC(=O)[B][C@H](NC(=O)OCC1c2ccccc2-c2ccccc21)C(=O)NCCCCCCCCCCCC. The summed E-state index contributed by atoms with van der Waals surface area (Å²) >= 11 is 0. The van der Waals surface area contributed by atoms with Gasteiger partial charge in [-0.25, -0.2) is 4.79 Å². The van der Waals surface area contributed by atoms with E-state index < -0.39 is 17.9 Å². The number of carbonyl (C=O) groups is 3. The maximum absolute atomic E-state index is 13.2. The van der Waals surface area contributed by atoms with Crippen LogP contribution in [0.2, 0.25) is 0 Å². The van der Waals surface area contributed by atoms with Crippen molar-refractivity contribution in [3.63, 3.8) is 0 Å². The predicted molar refractivity (Wildman–Crippen MR) is 208 cm³/mol. The second-order valence-corrected chi connectivity index (χ2v) is 14.1. The Kier molecular flexibility index (Phi) is 21.1. The lowest BCUT2D eigenvalue weighted by Gasteiger charge is -2.19. The molecule has 2 aromatic carbocycles. The van der Waals surface area contributed by atoms with E-state index >= 15 is 0 Å². The largest absolute Gasteiger partial charge is 0.449 e. The van der Waals surface area contributed by atoms with Gasteiger partial charge in [0.2, 0.25) is 5.91 Å². The minimum absolute atomic E-state index is 0.0925. The first-order chi connectivity index (χ1) is 24.5. The Bertz CT molecular complexity index is 1210. The number of amides is 3. The first kappa shape index (κ1) is 41.1. The molecule has 2 aromatic rings. The molecule has 1 aliphatic rings.